The van der Waals surface area contributed by atoms with Crippen molar-refractivity contribution in [2.45, 2.75) is 52.1 Å². The number of benzene rings is 2. The number of nitrogens with one attached hydrogen (secondary N) is 1. The zero-order chi connectivity index (χ0) is 25.1. The fraction of sp³-hybridized carbons (Fsp3) is 0.440. The van der Waals surface area contributed by atoms with Gasteiger partial charge in [0.15, 0.2) is 0 Å². The van der Waals surface area contributed by atoms with E-state index in [0.717, 1.165) is 19.1 Å². The summed E-state index contributed by atoms with van der Waals surface area (Å²) in [5.41, 5.74) is 1.23. The van der Waals surface area contributed by atoms with Crippen molar-refractivity contribution >= 4 is 27.5 Å². The lowest BCUT2D eigenvalue weighted by atomic mass is 10.1. The number of carbonyl (C=O) groups is 2. The van der Waals surface area contributed by atoms with Gasteiger partial charge < -0.3 is 10.2 Å². The van der Waals surface area contributed by atoms with Gasteiger partial charge in [-0.2, -0.15) is 0 Å². The molecule has 0 aromatic heterocycles. The molecule has 0 unspecified atom stereocenters. The van der Waals surface area contributed by atoms with E-state index in [-0.39, 0.29) is 43.6 Å². The molecule has 2 amide bonds. The third kappa shape index (κ3) is 8.44. The van der Waals surface area contributed by atoms with Gasteiger partial charge in [-0.05, 0) is 49.6 Å². The summed E-state index contributed by atoms with van der Waals surface area (Å²) in [6.07, 6.45) is 3.25. The van der Waals surface area contributed by atoms with Crippen LogP contribution in [0.5, 0.6) is 0 Å². The molecule has 0 spiro atoms. The third-order valence-corrected chi connectivity index (χ3v) is 6.65. The molecule has 2 rings (SSSR count). The minimum atomic E-state index is -3.52. The van der Waals surface area contributed by atoms with Gasteiger partial charge in [0.2, 0.25) is 21.8 Å². The van der Waals surface area contributed by atoms with Crippen LogP contribution in [-0.4, -0.2) is 50.5 Å². The molecule has 0 aliphatic carbocycles. The third-order valence-electron chi connectivity index (χ3n) is 5.46. The summed E-state index contributed by atoms with van der Waals surface area (Å²) in [7, 11) is -3.52. The number of amides is 2. The van der Waals surface area contributed by atoms with Crippen LogP contribution in [0.15, 0.2) is 54.6 Å². The highest BCUT2D eigenvalue weighted by Gasteiger charge is 2.26. The van der Waals surface area contributed by atoms with Crippen molar-refractivity contribution in [2.75, 3.05) is 23.7 Å². The molecule has 0 aliphatic rings. The van der Waals surface area contributed by atoms with Crippen molar-refractivity contribution in [3.63, 3.8) is 0 Å². The van der Waals surface area contributed by atoms with Crippen LogP contribution in [0.1, 0.15) is 45.1 Å². The Morgan fingerprint density at radius 3 is 2.26 bits per heavy atom. The fourth-order valence-corrected chi connectivity index (χ4v) is 4.47. The quantitative estimate of drug-likeness (QED) is 0.433. The van der Waals surface area contributed by atoms with Crippen LogP contribution in [0, 0.1) is 5.82 Å². The van der Waals surface area contributed by atoms with E-state index in [9.17, 15) is 22.4 Å². The summed E-state index contributed by atoms with van der Waals surface area (Å²) < 4.78 is 39.2. The lowest BCUT2D eigenvalue weighted by Gasteiger charge is -2.29. The largest absolute Gasteiger partial charge is 0.354 e. The second-order valence-corrected chi connectivity index (χ2v) is 10.1. The monoisotopic (exact) mass is 491 g/mol. The van der Waals surface area contributed by atoms with Gasteiger partial charge >= 0.3 is 0 Å². The van der Waals surface area contributed by atoms with Gasteiger partial charge in [-0.3, -0.25) is 13.9 Å². The summed E-state index contributed by atoms with van der Waals surface area (Å²) in [5.74, 6) is -0.913. The Balaban J connectivity index is 2.11. The van der Waals surface area contributed by atoms with Crippen molar-refractivity contribution in [2.24, 2.45) is 0 Å². The molecule has 0 saturated heterocycles. The highest BCUT2D eigenvalue weighted by atomic mass is 32.2. The molecule has 7 nitrogen and oxygen atoms in total. The van der Waals surface area contributed by atoms with E-state index in [2.05, 4.69) is 5.32 Å². The number of sulfonamides is 1. The Bertz CT molecular complexity index is 1030. The van der Waals surface area contributed by atoms with Crippen LogP contribution in [-0.2, 0) is 26.2 Å². The summed E-state index contributed by atoms with van der Waals surface area (Å²) in [5, 5.41) is 2.85. The molecular formula is C25H34FN3O4S. The second kappa shape index (κ2) is 13.1. The van der Waals surface area contributed by atoms with Crippen molar-refractivity contribution in [1.29, 1.82) is 0 Å². The predicted molar refractivity (Wildman–Crippen MR) is 132 cm³/mol. The number of nitrogens with zero attached hydrogens (tertiary/aromatic N) is 2. The zero-order valence-electron chi connectivity index (χ0n) is 20.0. The molecule has 9 heteroatoms. The Morgan fingerprint density at radius 1 is 1.03 bits per heavy atom. The number of hydrogen-bond donors (Lipinski definition) is 1. The van der Waals surface area contributed by atoms with Gasteiger partial charge in [-0.15, -0.1) is 0 Å². The van der Waals surface area contributed by atoms with Gasteiger partial charge in [0.05, 0.1) is 11.9 Å². The maximum Gasteiger partial charge on any atom is 0.242 e. The fourth-order valence-electron chi connectivity index (χ4n) is 3.50. The minimum Gasteiger partial charge on any atom is -0.354 e. The average molecular weight is 492 g/mol. The van der Waals surface area contributed by atoms with Crippen molar-refractivity contribution in [3.8, 4) is 0 Å². The van der Waals surface area contributed by atoms with Gasteiger partial charge in [0.25, 0.3) is 0 Å². The number of para-hydroxylation sites is 1. The van der Waals surface area contributed by atoms with Crippen LogP contribution < -0.4 is 9.62 Å². The van der Waals surface area contributed by atoms with Gasteiger partial charge in [-0.25, -0.2) is 12.8 Å². The van der Waals surface area contributed by atoms with E-state index >= 15 is 0 Å². The molecular weight excluding hydrogens is 457 g/mol. The second-order valence-electron chi connectivity index (χ2n) is 8.24. The van der Waals surface area contributed by atoms with Crippen LogP contribution in [0.4, 0.5) is 10.1 Å². The number of hydrogen-bond acceptors (Lipinski definition) is 4. The van der Waals surface area contributed by atoms with Gasteiger partial charge in [0, 0.05) is 26.1 Å². The molecule has 0 aliphatic heterocycles. The van der Waals surface area contributed by atoms with Crippen molar-refractivity contribution in [3.05, 3.63) is 66.0 Å². The van der Waals surface area contributed by atoms with E-state index in [1.165, 1.54) is 21.3 Å². The molecule has 0 radical (unpaired) electrons. The Labute approximate surface area is 202 Å². The van der Waals surface area contributed by atoms with E-state index in [0.29, 0.717) is 17.8 Å². The molecule has 0 fully saturated rings. The Morgan fingerprint density at radius 2 is 1.68 bits per heavy atom. The SMILES string of the molecule is CCCCNC(=O)[C@H](C)N(Cc1ccc(F)cc1)C(=O)CCCN(c1ccccc1)S(C)(=O)=O. The van der Waals surface area contributed by atoms with E-state index in [1.807, 2.05) is 6.92 Å². The van der Waals surface area contributed by atoms with E-state index in [4.69, 9.17) is 0 Å². The summed E-state index contributed by atoms with van der Waals surface area (Å²) in [4.78, 5) is 27.3. The molecule has 2 aromatic rings. The smallest absolute Gasteiger partial charge is 0.242 e. The number of halogens is 1. The lowest BCUT2D eigenvalue weighted by molar-refractivity contribution is -0.140. The number of carbonyl (C=O) groups excluding carboxylic acids is 2. The molecule has 1 atom stereocenters. The van der Waals surface area contributed by atoms with Crippen molar-refractivity contribution < 1.29 is 22.4 Å². The molecule has 186 valence electrons. The van der Waals surface area contributed by atoms with Crippen LogP contribution in [0.3, 0.4) is 0 Å². The van der Waals surface area contributed by atoms with Crippen LogP contribution >= 0.6 is 0 Å². The number of unbranched alkanes of at least 4 members (excludes halogenated alkanes) is 1. The maximum absolute atomic E-state index is 13.3. The predicted octanol–water partition coefficient (Wildman–Crippen LogP) is 3.71. The molecule has 2 aromatic carbocycles. The first-order valence-corrected chi connectivity index (χ1v) is 13.3. The van der Waals surface area contributed by atoms with Gasteiger partial charge in [-0.1, -0.05) is 43.7 Å². The summed E-state index contributed by atoms with van der Waals surface area (Å²) >= 11 is 0. The van der Waals surface area contributed by atoms with Crippen molar-refractivity contribution in [1.82, 2.24) is 10.2 Å². The molecule has 34 heavy (non-hydrogen) atoms. The first-order chi connectivity index (χ1) is 16.1. The Hall–Kier alpha value is -2.94. The number of rotatable bonds is 13. The molecule has 0 heterocycles. The first kappa shape index (κ1) is 27.3. The first-order valence-electron chi connectivity index (χ1n) is 11.5. The maximum atomic E-state index is 13.3. The van der Waals surface area contributed by atoms with E-state index < -0.39 is 16.1 Å². The molecule has 0 bridgehead atoms. The molecule has 1 N–H and O–H groups in total. The van der Waals surface area contributed by atoms with E-state index in [1.54, 1.807) is 49.4 Å². The van der Waals surface area contributed by atoms with Gasteiger partial charge in [0.1, 0.15) is 11.9 Å². The summed E-state index contributed by atoms with van der Waals surface area (Å²) in [6, 6.07) is 13.8. The zero-order valence-corrected chi connectivity index (χ0v) is 20.9. The number of anilines is 1. The highest BCUT2D eigenvalue weighted by Crippen LogP contribution is 2.18. The lowest BCUT2D eigenvalue weighted by Crippen LogP contribution is -2.48. The molecule has 0 saturated carbocycles. The normalized spacial score (nSPS) is 12.1. The minimum absolute atomic E-state index is 0.0621. The Kier molecular flexibility index (Phi) is 10.5. The standard InChI is InChI=1S/C25H34FN3O4S/c1-4-5-17-27-25(31)20(2)28(19-21-13-15-22(26)16-14-21)24(30)12-9-18-29(34(3,32)33)23-10-7-6-8-11-23/h6-8,10-11,13-16,20H,4-5,9,12,17-19H2,1-3H3,(H,27,31)/t20-/m0/s1. The topological polar surface area (TPSA) is 86.8 Å². The summed E-state index contributed by atoms with van der Waals surface area (Å²) in [6.45, 7) is 4.50. The van der Waals surface area contributed by atoms with Crippen LogP contribution in [0.2, 0.25) is 0 Å². The highest BCUT2D eigenvalue weighted by molar-refractivity contribution is 7.92. The van der Waals surface area contributed by atoms with Crippen LogP contribution in [0.25, 0.3) is 0 Å². The average Bonchev–Trinajstić information content (AvgIpc) is 2.80.